The van der Waals surface area contributed by atoms with E-state index in [9.17, 15) is 14.0 Å². The lowest BCUT2D eigenvalue weighted by Gasteiger charge is -2.14. The zero-order chi connectivity index (χ0) is 21.8. The molecule has 0 fully saturated rings. The largest absolute Gasteiger partial charge is 0.496 e. The van der Waals surface area contributed by atoms with Crippen LogP contribution in [0.1, 0.15) is 16.1 Å². The van der Waals surface area contributed by atoms with E-state index >= 15 is 0 Å². The number of hydrogen-bond acceptors (Lipinski definition) is 7. The van der Waals surface area contributed by atoms with Gasteiger partial charge < -0.3 is 9.47 Å². The Bertz CT molecular complexity index is 1150. The summed E-state index contributed by atoms with van der Waals surface area (Å²) < 4.78 is 26.3. The van der Waals surface area contributed by atoms with Crippen LogP contribution in [0, 0.1) is 12.7 Å². The fraction of sp³-hybridized carbons (Fsp3) is 0.263. The van der Waals surface area contributed by atoms with Crippen LogP contribution in [0.15, 0.2) is 29.2 Å². The van der Waals surface area contributed by atoms with Crippen LogP contribution in [0.3, 0.4) is 0 Å². The summed E-state index contributed by atoms with van der Waals surface area (Å²) in [5.41, 5.74) is 0.935. The van der Waals surface area contributed by atoms with Crippen LogP contribution in [0.5, 0.6) is 5.75 Å². The molecule has 3 rings (SSSR count). The smallest absolute Gasteiger partial charge is 0.326 e. The topological polar surface area (TPSA) is 95.3 Å². The molecular weight excluding hydrogens is 435 g/mol. The Labute approximate surface area is 180 Å². The van der Waals surface area contributed by atoms with E-state index in [0.29, 0.717) is 12.3 Å². The number of nitrogens with one attached hydrogen (secondary N) is 1. The van der Waals surface area contributed by atoms with Gasteiger partial charge in [-0.05, 0) is 36.5 Å². The second-order valence-electron chi connectivity index (χ2n) is 6.15. The fourth-order valence-electron chi connectivity index (χ4n) is 2.74. The van der Waals surface area contributed by atoms with E-state index in [0.717, 1.165) is 11.3 Å². The zero-order valence-electron chi connectivity index (χ0n) is 16.4. The van der Waals surface area contributed by atoms with E-state index < -0.39 is 11.7 Å². The molecule has 3 aromatic rings. The van der Waals surface area contributed by atoms with Crippen molar-refractivity contribution in [1.29, 1.82) is 0 Å². The van der Waals surface area contributed by atoms with Gasteiger partial charge in [-0.3, -0.25) is 19.9 Å². The number of benzene rings is 1. The molecule has 8 nitrogen and oxygen atoms in total. The summed E-state index contributed by atoms with van der Waals surface area (Å²) in [5, 5.41) is 6.63. The molecule has 158 valence electrons. The summed E-state index contributed by atoms with van der Waals surface area (Å²) in [7, 11) is 2.90. The van der Waals surface area contributed by atoms with Gasteiger partial charge in [-0.25, -0.2) is 9.07 Å². The lowest BCUT2D eigenvalue weighted by atomic mass is 9.98. The van der Waals surface area contributed by atoms with Crippen molar-refractivity contribution in [3.05, 3.63) is 56.2 Å². The number of hydrogen-bond donors (Lipinski definition) is 1. The highest BCUT2D eigenvalue weighted by Crippen LogP contribution is 2.38. The van der Waals surface area contributed by atoms with E-state index in [2.05, 4.69) is 15.4 Å². The van der Waals surface area contributed by atoms with Gasteiger partial charge in [-0.2, -0.15) is 0 Å². The second-order valence-corrected chi connectivity index (χ2v) is 7.50. The zero-order valence-corrected chi connectivity index (χ0v) is 17.9. The first-order valence-electron chi connectivity index (χ1n) is 8.73. The van der Waals surface area contributed by atoms with Gasteiger partial charge >= 0.3 is 4.87 Å². The summed E-state index contributed by atoms with van der Waals surface area (Å²) >= 11 is 6.73. The molecule has 0 aliphatic heterocycles. The highest BCUT2D eigenvalue weighted by molar-refractivity contribution is 7.13. The standard InChI is InChI=1S/C19H18ClFN4O4S/c1-10-8-11(15-14(29-3)5-4-13(20)16(15)21)12(9-22-10)17(26)23-18-24-25(6-7-28-2)19(27)30-18/h4-5,8-9H,6-7H2,1-3H3,(H,23,24,26). The average Bonchev–Trinajstić information content (AvgIpc) is 3.06. The quantitative estimate of drug-likeness (QED) is 0.590. The Morgan fingerprint density at radius 3 is 2.83 bits per heavy atom. The maximum absolute atomic E-state index is 14.9. The lowest BCUT2D eigenvalue weighted by Crippen LogP contribution is -2.18. The van der Waals surface area contributed by atoms with Gasteiger partial charge in [0.25, 0.3) is 5.91 Å². The van der Waals surface area contributed by atoms with Crippen molar-refractivity contribution < 1.29 is 18.7 Å². The predicted molar refractivity (Wildman–Crippen MR) is 112 cm³/mol. The number of carbonyl (C=O) groups excluding carboxylic acids is 1. The normalized spacial score (nSPS) is 10.8. The maximum Gasteiger partial charge on any atom is 0.326 e. The summed E-state index contributed by atoms with van der Waals surface area (Å²) in [4.78, 5) is 28.7. The number of ether oxygens (including phenoxy) is 2. The number of carbonyl (C=O) groups is 1. The molecule has 2 aromatic heterocycles. The third kappa shape index (κ3) is 4.50. The Morgan fingerprint density at radius 2 is 2.13 bits per heavy atom. The van der Waals surface area contributed by atoms with Crippen LogP contribution in [0.4, 0.5) is 9.52 Å². The molecule has 2 heterocycles. The molecule has 0 saturated heterocycles. The molecule has 0 unspecified atom stereocenters. The van der Waals surface area contributed by atoms with Crippen LogP contribution >= 0.6 is 22.9 Å². The Kier molecular flexibility index (Phi) is 6.80. The van der Waals surface area contributed by atoms with Crippen molar-refractivity contribution in [2.75, 3.05) is 26.1 Å². The van der Waals surface area contributed by atoms with Crippen molar-refractivity contribution in [3.63, 3.8) is 0 Å². The molecule has 0 saturated carbocycles. The number of pyridine rings is 1. The number of rotatable bonds is 7. The molecule has 0 radical (unpaired) electrons. The Hall–Kier alpha value is -2.82. The summed E-state index contributed by atoms with van der Waals surface area (Å²) in [6, 6.07) is 4.45. The first kappa shape index (κ1) is 21.9. The van der Waals surface area contributed by atoms with Gasteiger partial charge in [0.2, 0.25) is 5.13 Å². The van der Waals surface area contributed by atoms with Crippen molar-refractivity contribution >= 4 is 34.0 Å². The number of halogens is 2. The third-order valence-corrected chi connectivity index (χ3v) is 5.22. The molecule has 0 bridgehead atoms. The second kappa shape index (κ2) is 9.33. The van der Waals surface area contributed by atoms with Gasteiger partial charge in [0, 0.05) is 24.6 Å². The van der Waals surface area contributed by atoms with E-state index in [4.69, 9.17) is 21.1 Å². The predicted octanol–water partition coefficient (Wildman–Crippen LogP) is 3.38. The van der Waals surface area contributed by atoms with E-state index in [-0.39, 0.29) is 44.0 Å². The minimum atomic E-state index is -0.718. The molecule has 11 heteroatoms. The average molecular weight is 453 g/mol. The molecule has 1 amide bonds. The van der Waals surface area contributed by atoms with E-state index in [1.54, 1.807) is 13.0 Å². The van der Waals surface area contributed by atoms with Crippen LogP contribution in [0.2, 0.25) is 5.02 Å². The van der Waals surface area contributed by atoms with E-state index in [1.807, 2.05) is 0 Å². The fourth-order valence-corrected chi connectivity index (χ4v) is 3.59. The van der Waals surface area contributed by atoms with Crippen LogP contribution in [0.25, 0.3) is 11.1 Å². The highest BCUT2D eigenvalue weighted by Gasteiger charge is 2.23. The molecular formula is C19H18ClFN4O4S. The maximum atomic E-state index is 14.9. The number of nitrogens with zero attached hydrogens (tertiary/aromatic N) is 3. The number of aryl methyl sites for hydroxylation is 1. The van der Waals surface area contributed by atoms with Crippen LogP contribution in [-0.4, -0.2) is 41.5 Å². The number of anilines is 1. The van der Waals surface area contributed by atoms with Gasteiger partial charge in [0.15, 0.2) is 5.82 Å². The molecule has 0 aliphatic rings. The van der Waals surface area contributed by atoms with Gasteiger partial charge in [-0.1, -0.05) is 11.6 Å². The number of methoxy groups -OCH3 is 2. The monoisotopic (exact) mass is 452 g/mol. The first-order valence-corrected chi connectivity index (χ1v) is 9.92. The summed E-state index contributed by atoms with van der Waals surface area (Å²) in [5.74, 6) is -1.11. The SMILES string of the molecule is COCCn1nc(NC(=O)c2cnc(C)cc2-c2c(OC)ccc(Cl)c2F)sc1=O. The number of amides is 1. The van der Waals surface area contributed by atoms with Gasteiger partial charge in [0.05, 0.1) is 36.4 Å². The van der Waals surface area contributed by atoms with Crippen LogP contribution in [-0.2, 0) is 11.3 Å². The van der Waals surface area contributed by atoms with Crippen molar-refractivity contribution in [2.45, 2.75) is 13.5 Å². The van der Waals surface area contributed by atoms with Gasteiger partial charge in [-0.15, -0.1) is 5.10 Å². The highest BCUT2D eigenvalue weighted by atomic mass is 35.5. The molecule has 30 heavy (non-hydrogen) atoms. The van der Waals surface area contributed by atoms with Crippen molar-refractivity contribution in [1.82, 2.24) is 14.8 Å². The van der Waals surface area contributed by atoms with Crippen molar-refractivity contribution in [3.8, 4) is 16.9 Å². The molecule has 1 aromatic carbocycles. The summed E-state index contributed by atoms with van der Waals surface area (Å²) in [6.07, 6.45) is 1.32. The van der Waals surface area contributed by atoms with E-state index in [1.165, 1.54) is 37.2 Å². The van der Waals surface area contributed by atoms with Crippen molar-refractivity contribution in [2.24, 2.45) is 0 Å². The molecule has 0 spiro atoms. The molecule has 0 aliphatic carbocycles. The lowest BCUT2D eigenvalue weighted by molar-refractivity contribution is 0.102. The van der Waals surface area contributed by atoms with Gasteiger partial charge in [0.1, 0.15) is 5.75 Å². The Balaban J connectivity index is 2.02. The minimum absolute atomic E-state index is 0.0412. The molecule has 0 atom stereocenters. The summed E-state index contributed by atoms with van der Waals surface area (Å²) in [6.45, 7) is 2.27. The minimum Gasteiger partial charge on any atom is -0.496 e. The number of aromatic nitrogens is 3. The first-order chi connectivity index (χ1) is 14.3. The molecule has 1 N–H and O–H groups in total. The van der Waals surface area contributed by atoms with Crippen LogP contribution < -0.4 is 14.9 Å². The third-order valence-electron chi connectivity index (χ3n) is 4.17. The Morgan fingerprint density at radius 1 is 1.37 bits per heavy atom.